The summed E-state index contributed by atoms with van der Waals surface area (Å²) in [6.07, 6.45) is 0.838. The van der Waals surface area contributed by atoms with Crippen LogP contribution in [0.15, 0.2) is 0 Å². The third kappa shape index (κ3) is 3.01. The minimum absolute atomic E-state index is 0.212. The van der Waals surface area contributed by atoms with Gasteiger partial charge < -0.3 is 10.8 Å². The Morgan fingerprint density at radius 1 is 1.82 bits per heavy atom. The summed E-state index contributed by atoms with van der Waals surface area (Å²) in [5.74, 6) is -1.26. The third-order valence-corrected chi connectivity index (χ3v) is 1.67. The summed E-state index contributed by atoms with van der Waals surface area (Å²) < 4.78 is 0. The van der Waals surface area contributed by atoms with Gasteiger partial charge in [-0.25, -0.2) is 0 Å². The molecule has 1 unspecified atom stereocenters. The Bertz CT molecular complexity index is 174. The van der Waals surface area contributed by atoms with Crippen molar-refractivity contribution < 1.29 is 9.90 Å². The lowest BCUT2D eigenvalue weighted by Gasteiger charge is -2.14. The summed E-state index contributed by atoms with van der Waals surface area (Å²) in [5, 5.41) is 16.8. The van der Waals surface area contributed by atoms with Crippen LogP contribution in [0.2, 0.25) is 0 Å². The highest BCUT2D eigenvalue weighted by atomic mass is 16.4. The summed E-state index contributed by atoms with van der Waals surface area (Å²) in [7, 11) is 0. The molecule has 0 aromatic heterocycles. The van der Waals surface area contributed by atoms with E-state index in [0.717, 1.165) is 0 Å². The van der Waals surface area contributed by atoms with E-state index in [1.54, 1.807) is 0 Å². The zero-order valence-electron chi connectivity index (χ0n) is 6.45. The Morgan fingerprint density at radius 3 is 2.64 bits per heavy atom. The van der Waals surface area contributed by atoms with E-state index in [-0.39, 0.29) is 12.3 Å². The Labute approximate surface area is 65.6 Å². The zero-order valence-corrected chi connectivity index (χ0v) is 6.45. The topological polar surface area (TPSA) is 87.1 Å². The monoisotopic (exact) mass is 156 g/mol. The summed E-state index contributed by atoms with van der Waals surface area (Å²) >= 11 is 0. The minimum Gasteiger partial charge on any atom is -0.480 e. The first kappa shape index (κ1) is 9.92. The molecule has 4 heteroatoms. The molecule has 0 spiro atoms. The SMILES string of the molecule is CCC(CC#N)[C@@H](N)C(=O)O. The van der Waals surface area contributed by atoms with Gasteiger partial charge in [0, 0.05) is 6.42 Å². The Kier molecular flexibility index (Phi) is 4.23. The van der Waals surface area contributed by atoms with Crippen molar-refractivity contribution in [3.8, 4) is 6.07 Å². The maximum absolute atomic E-state index is 10.3. The van der Waals surface area contributed by atoms with Crippen LogP contribution in [0.4, 0.5) is 0 Å². The summed E-state index contributed by atoms with van der Waals surface area (Å²) in [5.41, 5.74) is 5.31. The molecule has 11 heavy (non-hydrogen) atoms. The standard InChI is InChI=1S/C7H12N2O2/c1-2-5(3-4-8)6(9)7(10)11/h5-6H,2-3,9H2,1H3,(H,10,11)/t5?,6-/m1/s1. The van der Waals surface area contributed by atoms with E-state index in [2.05, 4.69) is 0 Å². The van der Waals surface area contributed by atoms with Gasteiger partial charge in [-0.15, -0.1) is 0 Å². The van der Waals surface area contributed by atoms with Crippen LogP contribution in [0.25, 0.3) is 0 Å². The maximum Gasteiger partial charge on any atom is 0.320 e. The second kappa shape index (κ2) is 4.69. The van der Waals surface area contributed by atoms with Gasteiger partial charge in [-0.1, -0.05) is 13.3 Å². The van der Waals surface area contributed by atoms with Crippen molar-refractivity contribution in [1.29, 1.82) is 5.26 Å². The summed E-state index contributed by atoms with van der Waals surface area (Å²) in [4.78, 5) is 10.3. The fourth-order valence-corrected chi connectivity index (χ4v) is 0.844. The molecule has 4 nitrogen and oxygen atoms in total. The first-order chi connectivity index (χ1) is 5.13. The van der Waals surface area contributed by atoms with Crippen molar-refractivity contribution in [3.05, 3.63) is 0 Å². The number of rotatable bonds is 4. The molecule has 0 rings (SSSR count). The lowest BCUT2D eigenvalue weighted by molar-refractivity contribution is -0.139. The number of hydrogen-bond donors (Lipinski definition) is 2. The molecule has 0 saturated heterocycles. The van der Waals surface area contributed by atoms with Gasteiger partial charge in [0.05, 0.1) is 6.07 Å². The molecule has 62 valence electrons. The van der Waals surface area contributed by atoms with Crippen LogP contribution in [-0.2, 0) is 4.79 Å². The van der Waals surface area contributed by atoms with E-state index < -0.39 is 12.0 Å². The zero-order chi connectivity index (χ0) is 8.85. The predicted molar refractivity (Wildman–Crippen MR) is 39.6 cm³/mol. The molecule has 0 aliphatic carbocycles. The molecule has 2 atom stereocenters. The maximum atomic E-state index is 10.3. The number of aliphatic carboxylic acids is 1. The van der Waals surface area contributed by atoms with Crippen LogP contribution in [0, 0.1) is 17.2 Å². The Morgan fingerprint density at radius 2 is 2.36 bits per heavy atom. The molecule has 3 N–H and O–H groups in total. The number of nitrogens with two attached hydrogens (primary N) is 1. The molecule has 0 radical (unpaired) electrons. The number of nitrogens with zero attached hydrogens (tertiary/aromatic N) is 1. The van der Waals surface area contributed by atoms with Gasteiger partial charge in [0.25, 0.3) is 0 Å². The van der Waals surface area contributed by atoms with Crippen molar-refractivity contribution >= 4 is 5.97 Å². The summed E-state index contributed by atoms with van der Waals surface area (Å²) in [6.45, 7) is 1.82. The lowest BCUT2D eigenvalue weighted by Crippen LogP contribution is -2.37. The van der Waals surface area contributed by atoms with Crippen LogP contribution < -0.4 is 5.73 Å². The molecule has 0 bridgehead atoms. The van der Waals surface area contributed by atoms with Crippen LogP contribution in [0.5, 0.6) is 0 Å². The smallest absolute Gasteiger partial charge is 0.320 e. The Balaban J connectivity index is 4.04. The quantitative estimate of drug-likeness (QED) is 0.614. The predicted octanol–water partition coefficient (Wildman–Crippen LogP) is 0.338. The highest BCUT2D eigenvalue weighted by Crippen LogP contribution is 2.10. The van der Waals surface area contributed by atoms with Crippen molar-refractivity contribution in [3.63, 3.8) is 0 Å². The molecule has 0 aliphatic rings. The number of nitriles is 1. The van der Waals surface area contributed by atoms with Crippen LogP contribution in [0.3, 0.4) is 0 Å². The Hall–Kier alpha value is -1.08. The average molecular weight is 156 g/mol. The highest BCUT2D eigenvalue weighted by molar-refractivity contribution is 5.73. The first-order valence-corrected chi connectivity index (χ1v) is 3.48. The number of carboxylic acid groups (broad SMARTS) is 1. The van der Waals surface area contributed by atoms with E-state index in [0.29, 0.717) is 6.42 Å². The van der Waals surface area contributed by atoms with E-state index in [1.165, 1.54) is 0 Å². The van der Waals surface area contributed by atoms with Gasteiger partial charge >= 0.3 is 5.97 Å². The van der Waals surface area contributed by atoms with E-state index >= 15 is 0 Å². The molecular weight excluding hydrogens is 144 g/mol. The van der Waals surface area contributed by atoms with Crippen LogP contribution in [0.1, 0.15) is 19.8 Å². The molecule has 0 heterocycles. The number of carbonyl (C=O) groups is 1. The average Bonchev–Trinajstić information content (AvgIpc) is 1.98. The lowest BCUT2D eigenvalue weighted by atomic mass is 9.95. The van der Waals surface area contributed by atoms with Gasteiger partial charge in [0.15, 0.2) is 0 Å². The second-order valence-electron chi connectivity index (χ2n) is 2.39. The largest absolute Gasteiger partial charge is 0.480 e. The third-order valence-electron chi connectivity index (χ3n) is 1.67. The van der Waals surface area contributed by atoms with Gasteiger partial charge in [-0.3, -0.25) is 4.79 Å². The fraction of sp³-hybridized carbons (Fsp3) is 0.714. The van der Waals surface area contributed by atoms with Gasteiger partial charge in [-0.05, 0) is 5.92 Å². The molecule has 0 fully saturated rings. The molecule has 0 aliphatic heterocycles. The second-order valence-corrected chi connectivity index (χ2v) is 2.39. The number of hydrogen-bond acceptors (Lipinski definition) is 3. The molecule has 0 saturated carbocycles. The van der Waals surface area contributed by atoms with E-state index in [1.807, 2.05) is 13.0 Å². The molecular formula is C7H12N2O2. The summed E-state index contributed by atoms with van der Waals surface area (Å²) in [6, 6.07) is 1.01. The molecule has 0 aromatic rings. The van der Waals surface area contributed by atoms with E-state index in [4.69, 9.17) is 16.1 Å². The molecule has 0 aromatic carbocycles. The van der Waals surface area contributed by atoms with Gasteiger partial charge in [-0.2, -0.15) is 5.26 Å². The minimum atomic E-state index is -1.04. The van der Waals surface area contributed by atoms with Gasteiger partial charge in [0.2, 0.25) is 0 Å². The fourth-order valence-electron chi connectivity index (χ4n) is 0.844. The van der Waals surface area contributed by atoms with Crippen molar-refractivity contribution in [2.24, 2.45) is 11.7 Å². The van der Waals surface area contributed by atoms with Crippen molar-refractivity contribution in [2.45, 2.75) is 25.8 Å². The highest BCUT2D eigenvalue weighted by Gasteiger charge is 2.21. The first-order valence-electron chi connectivity index (χ1n) is 3.48. The number of carboxylic acids is 1. The molecule has 0 amide bonds. The van der Waals surface area contributed by atoms with Crippen LogP contribution >= 0.6 is 0 Å². The van der Waals surface area contributed by atoms with Crippen molar-refractivity contribution in [2.75, 3.05) is 0 Å². The van der Waals surface area contributed by atoms with Gasteiger partial charge in [0.1, 0.15) is 6.04 Å². The van der Waals surface area contributed by atoms with Crippen LogP contribution in [-0.4, -0.2) is 17.1 Å². The normalized spacial score (nSPS) is 15.0. The van der Waals surface area contributed by atoms with Crippen molar-refractivity contribution in [1.82, 2.24) is 0 Å². The van der Waals surface area contributed by atoms with E-state index in [9.17, 15) is 4.79 Å².